The van der Waals surface area contributed by atoms with Gasteiger partial charge >= 0.3 is 0 Å². The van der Waals surface area contributed by atoms with Crippen molar-refractivity contribution < 1.29 is 5.11 Å². The number of hydrogen-bond donors (Lipinski definition) is 2. The Labute approximate surface area is 99.2 Å². The molecule has 15 heavy (non-hydrogen) atoms. The minimum absolute atomic E-state index is 0.327. The highest BCUT2D eigenvalue weighted by molar-refractivity contribution is 7.99. The molecule has 3 heteroatoms. The van der Waals surface area contributed by atoms with E-state index in [1.807, 2.05) is 11.8 Å². The fourth-order valence-corrected chi connectivity index (χ4v) is 2.25. The highest BCUT2D eigenvalue weighted by Crippen LogP contribution is 2.04. The second-order valence-corrected chi connectivity index (χ2v) is 5.27. The molecule has 0 bridgehead atoms. The molecular formula is C12H27NOS. The van der Waals surface area contributed by atoms with Gasteiger partial charge < -0.3 is 10.4 Å². The summed E-state index contributed by atoms with van der Waals surface area (Å²) in [5, 5.41) is 12.1. The normalized spacial score (nSPS) is 13.0. The summed E-state index contributed by atoms with van der Waals surface area (Å²) in [6.07, 6.45) is 6.25. The molecule has 0 radical (unpaired) electrons. The van der Waals surface area contributed by atoms with Crippen LogP contribution in [-0.2, 0) is 0 Å². The molecule has 0 aromatic rings. The Hall–Kier alpha value is 0.270. The smallest absolute Gasteiger partial charge is 0.0438 e. The van der Waals surface area contributed by atoms with Gasteiger partial charge in [-0.1, -0.05) is 26.2 Å². The van der Waals surface area contributed by atoms with Crippen molar-refractivity contribution in [3.8, 4) is 0 Å². The van der Waals surface area contributed by atoms with Crippen molar-refractivity contribution >= 4 is 11.8 Å². The van der Waals surface area contributed by atoms with Gasteiger partial charge in [-0.3, -0.25) is 0 Å². The lowest BCUT2D eigenvalue weighted by molar-refractivity contribution is 0.296. The lowest BCUT2D eigenvalue weighted by atomic mass is 10.1. The number of thioether (sulfide) groups is 1. The molecule has 0 aromatic carbocycles. The summed E-state index contributed by atoms with van der Waals surface area (Å²) in [7, 11) is 0. The second-order valence-electron chi connectivity index (χ2n) is 4.04. The van der Waals surface area contributed by atoms with Gasteiger partial charge in [-0.15, -0.1) is 0 Å². The first kappa shape index (κ1) is 15.3. The molecule has 0 fully saturated rings. The van der Waals surface area contributed by atoms with Crippen molar-refractivity contribution in [2.75, 3.05) is 24.7 Å². The van der Waals surface area contributed by atoms with E-state index in [0.717, 1.165) is 24.5 Å². The van der Waals surface area contributed by atoms with Crippen LogP contribution in [0, 0.1) is 0 Å². The Kier molecular flexibility index (Phi) is 12.6. The molecule has 0 heterocycles. The molecule has 0 aliphatic heterocycles. The minimum Gasteiger partial charge on any atom is -0.396 e. The van der Waals surface area contributed by atoms with Gasteiger partial charge in [0.05, 0.1) is 0 Å². The number of hydrogen-bond acceptors (Lipinski definition) is 3. The molecule has 0 aromatic heterocycles. The van der Waals surface area contributed by atoms with E-state index in [1.165, 1.54) is 25.7 Å². The van der Waals surface area contributed by atoms with Crippen molar-refractivity contribution in [2.24, 2.45) is 0 Å². The molecule has 0 spiro atoms. The number of aliphatic hydroxyl groups is 1. The topological polar surface area (TPSA) is 32.3 Å². The third-order valence-corrected chi connectivity index (χ3v) is 3.50. The third kappa shape index (κ3) is 12.2. The molecule has 2 nitrogen and oxygen atoms in total. The fourth-order valence-electron chi connectivity index (χ4n) is 1.45. The van der Waals surface area contributed by atoms with Gasteiger partial charge in [0.25, 0.3) is 0 Å². The van der Waals surface area contributed by atoms with E-state index in [0.29, 0.717) is 12.6 Å². The quantitative estimate of drug-likeness (QED) is 0.538. The molecule has 0 saturated heterocycles. The molecule has 0 aliphatic rings. The Bertz CT molecular complexity index is 122. The van der Waals surface area contributed by atoms with Crippen LogP contribution in [0.5, 0.6) is 0 Å². The van der Waals surface area contributed by atoms with Crippen molar-refractivity contribution in [2.45, 2.75) is 52.0 Å². The van der Waals surface area contributed by atoms with Crippen LogP contribution < -0.4 is 5.32 Å². The van der Waals surface area contributed by atoms with Crippen molar-refractivity contribution in [1.29, 1.82) is 0 Å². The zero-order chi connectivity index (χ0) is 11.4. The third-order valence-electron chi connectivity index (χ3n) is 2.43. The van der Waals surface area contributed by atoms with Crippen LogP contribution in [0.2, 0.25) is 0 Å². The van der Waals surface area contributed by atoms with Gasteiger partial charge in [0, 0.05) is 24.9 Å². The van der Waals surface area contributed by atoms with Gasteiger partial charge in [-0.05, 0) is 25.5 Å². The first-order valence-electron chi connectivity index (χ1n) is 6.23. The zero-order valence-electron chi connectivity index (χ0n) is 10.3. The molecule has 1 atom stereocenters. The van der Waals surface area contributed by atoms with E-state index in [9.17, 15) is 0 Å². The molecule has 2 N–H and O–H groups in total. The van der Waals surface area contributed by atoms with Crippen LogP contribution in [-0.4, -0.2) is 35.8 Å². The van der Waals surface area contributed by atoms with Gasteiger partial charge in [0.2, 0.25) is 0 Å². The van der Waals surface area contributed by atoms with Crippen LogP contribution >= 0.6 is 11.8 Å². The first-order valence-corrected chi connectivity index (χ1v) is 7.38. The highest BCUT2D eigenvalue weighted by Gasteiger charge is 1.99. The molecule has 92 valence electrons. The van der Waals surface area contributed by atoms with E-state index >= 15 is 0 Å². The van der Waals surface area contributed by atoms with Gasteiger partial charge in [0.1, 0.15) is 0 Å². The van der Waals surface area contributed by atoms with Gasteiger partial charge in [-0.2, -0.15) is 11.8 Å². The summed E-state index contributed by atoms with van der Waals surface area (Å²) >= 11 is 1.93. The monoisotopic (exact) mass is 233 g/mol. The van der Waals surface area contributed by atoms with E-state index in [1.54, 1.807) is 0 Å². The van der Waals surface area contributed by atoms with E-state index in [2.05, 4.69) is 19.2 Å². The van der Waals surface area contributed by atoms with Crippen molar-refractivity contribution in [3.63, 3.8) is 0 Å². The summed E-state index contributed by atoms with van der Waals surface area (Å²) in [6.45, 7) is 5.95. The average molecular weight is 233 g/mol. The number of nitrogens with one attached hydrogen (secondary N) is 1. The minimum atomic E-state index is 0.327. The van der Waals surface area contributed by atoms with Gasteiger partial charge in [0.15, 0.2) is 0 Å². The average Bonchev–Trinajstić information content (AvgIpc) is 2.23. The Morgan fingerprint density at radius 3 is 2.67 bits per heavy atom. The van der Waals surface area contributed by atoms with Crippen LogP contribution in [0.25, 0.3) is 0 Å². The predicted molar refractivity (Wildman–Crippen MR) is 70.6 cm³/mol. The van der Waals surface area contributed by atoms with E-state index < -0.39 is 0 Å². The highest BCUT2D eigenvalue weighted by atomic mass is 32.2. The standard InChI is InChI=1S/C12H27NOS/c1-3-4-5-7-12(2)13-8-11-15-10-6-9-14/h12-14H,3-11H2,1-2H3. The Morgan fingerprint density at radius 1 is 1.20 bits per heavy atom. The second kappa shape index (κ2) is 12.3. The van der Waals surface area contributed by atoms with Crippen LogP contribution in [0.4, 0.5) is 0 Å². The molecule has 0 amide bonds. The molecule has 0 rings (SSSR count). The predicted octanol–water partition coefficient (Wildman–Crippen LogP) is 2.66. The van der Waals surface area contributed by atoms with Crippen LogP contribution in [0.3, 0.4) is 0 Å². The fraction of sp³-hybridized carbons (Fsp3) is 1.00. The molecule has 0 aliphatic carbocycles. The summed E-state index contributed by atoms with van der Waals surface area (Å²) in [5.41, 5.74) is 0. The Balaban J connectivity index is 3.06. The summed E-state index contributed by atoms with van der Waals surface area (Å²) in [6, 6.07) is 0.662. The lowest BCUT2D eigenvalue weighted by Gasteiger charge is -2.13. The number of unbranched alkanes of at least 4 members (excludes halogenated alkanes) is 2. The van der Waals surface area contributed by atoms with E-state index in [4.69, 9.17) is 5.11 Å². The zero-order valence-corrected chi connectivity index (χ0v) is 11.1. The molecule has 0 saturated carbocycles. The Morgan fingerprint density at radius 2 is 2.00 bits per heavy atom. The maximum atomic E-state index is 8.60. The summed E-state index contributed by atoms with van der Waals surface area (Å²) in [5.74, 6) is 2.25. The maximum absolute atomic E-state index is 8.60. The largest absolute Gasteiger partial charge is 0.396 e. The first-order chi connectivity index (χ1) is 7.31. The number of rotatable bonds is 11. The SMILES string of the molecule is CCCCCC(C)NCCSCCCO. The van der Waals surface area contributed by atoms with Crippen molar-refractivity contribution in [3.05, 3.63) is 0 Å². The maximum Gasteiger partial charge on any atom is 0.0438 e. The number of aliphatic hydroxyl groups excluding tert-OH is 1. The summed E-state index contributed by atoms with van der Waals surface area (Å²) in [4.78, 5) is 0. The van der Waals surface area contributed by atoms with E-state index in [-0.39, 0.29) is 0 Å². The van der Waals surface area contributed by atoms with Crippen LogP contribution in [0.1, 0.15) is 46.0 Å². The van der Waals surface area contributed by atoms with Crippen molar-refractivity contribution in [1.82, 2.24) is 5.32 Å². The van der Waals surface area contributed by atoms with Gasteiger partial charge in [-0.25, -0.2) is 0 Å². The summed E-state index contributed by atoms with van der Waals surface area (Å²) < 4.78 is 0. The molecule has 1 unspecified atom stereocenters. The lowest BCUT2D eigenvalue weighted by Crippen LogP contribution is -2.28. The molecular weight excluding hydrogens is 206 g/mol. The van der Waals surface area contributed by atoms with Crippen LogP contribution in [0.15, 0.2) is 0 Å².